The fourth-order valence-electron chi connectivity index (χ4n) is 3.53. The number of anilines is 1. The smallest absolute Gasteiger partial charge is 0.260 e. The van der Waals surface area contributed by atoms with Crippen molar-refractivity contribution in [2.24, 2.45) is 0 Å². The molecule has 6 nitrogen and oxygen atoms in total. The normalized spacial score (nSPS) is 10.9. The summed E-state index contributed by atoms with van der Waals surface area (Å²) in [6.07, 6.45) is 0. The number of hydrogen-bond acceptors (Lipinski definition) is 6. The minimum atomic E-state index is -0.0735. The van der Waals surface area contributed by atoms with Gasteiger partial charge in [-0.05, 0) is 43.1 Å². The zero-order valence-corrected chi connectivity index (χ0v) is 20.1. The molecule has 3 aromatic carbocycles. The average Bonchev–Trinajstić information content (AvgIpc) is 3.23. The lowest BCUT2D eigenvalue weighted by Crippen LogP contribution is -2.36. The van der Waals surface area contributed by atoms with Crippen LogP contribution in [0.1, 0.15) is 10.4 Å². The summed E-state index contributed by atoms with van der Waals surface area (Å²) in [6.45, 7) is 1.22. The molecule has 0 bridgehead atoms. The molecule has 1 aromatic heterocycles. The fraction of sp³-hybridized carbons (Fsp3) is 0.250. The number of halogens is 1. The number of methoxy groups -OCH3 is 2. The standard InChI is InChI=1S/C24H25N3O3S.ClH/c1-26(2)14-15-27(23(28)18-11-7-9-16-8-5-6-10-17(16)18)24-25-21-19(29-3)12-13-20(30-4)22(21)31-24;/h5-13H,14-15H2,1-4H3;1H. The first kappa shape index (κ1) is 23.8. The number of nitrogens with zero attached hydrogens (tertiary/aromatic N) is 3. The van der Waals surface area contributed by atoms with Crippen molar-refractivity contribution in [2.75, 3.05) is 46.3 Å². The zero-order chi connectivity index (χ0) is 22.0. The summed E-state index contributed by atoms with van der Waals surface area (Å²) in [4.78, 5) is 22.4. The maximum absolute atomic E-state index is 13.8. The highest BCUT2D eigenvalue weighted by molar-refractivity contribution is 7.22. The highest BCUT2D eigenvalue weighted by atomic mass is 35.5. The second kappa shape index (κ2) is 10.2. The number of rotatable bonds is 7. The summed E-state index contributed by atoms with van der Waals surface area (Å²) in [7, 11) is 7.23. The molecule has 8 heteroatoms. The molecule has 0 saturated heterocycles. The van der Waals surface area contributed by atoms with E-state index in [1.165, 1.54) is 11.3 Å². The van der Waals surface area contributed by atoms with Gasteiger partial charge in [0, 0.05) is 18.7 Å². The predicted octanol–water partition coefficient (Wildman–Crippen LogP) is 5.10. The number of likely N-dealkylation sites (N-methyl/N-ethyl adjacent to an activating group) is 1. The third-order valence-corrected chi connectivity index (χ3v) is 6.26. The Labute approximate surface area is 197 Å². The van der Waals surface area contributed by atoms with Crippen LogP contribution in [0.15, 0.2) is 54.6 Å². The van der Waals surface area contributed by atoms with Crippen LogP contribution in [0.5, 0.6) is 11.5 Å². The second-order valence-electron chi connectivity index (χ2n) is 7.43. The number of amides is 1. The second-order valence-corrected chi connectivity index (χ2v) is 8.41. The summed E-state index contributed by atoms with van der Waals surface area (Å²) >= 11 is 1.44. The summed E-state index contributed by atoms with van der Waals surface area (Å²) < 4.78 is 11.9. The molecule has 168 valence electrons. The van der Waals surface area contributed by atoms with Crippen molar-refractivity contribution in [3.8, 4) is 11.5 Å². The third kappa shape index (κ3) is 4.50. The van der Waals surface area contributed by atoms with E-state index in [9.17, 15) is 4.79 Å². The topological polar surface area (TPSA) is 54.9 Å². The molecule has 0 N–H and O–H groups in total. The molecular formula is C24H26ClN3O3S. The SMILES string of the molecule is COc1ccc(OC)c2sc(N(CCN(C)C)C(=O)c3cccc4ccccc34)nc12.Cl. The van der Waals surface area contributed by atoms with E-state index in [2.05, 4.69) is 4.90 Å². The number of fused-ring (bicyclic) bond motifs is 2. The number of aromatic nitrogens is 1. The Morgan fingerprint density at radius 2 is 1.62 bits per heavy atom. The molecule has 0 atom stereocenters. The Morgan fingerprint density at radius 3 is 2.34 bits per heavy atom. The van der Waals surface area contributed by atoms with E-state index in [0.717, 1.165) is 15.5 Å². The van der Waals surface area contributed by atoms with Crippen LogP contribution in [0.3, 0.4) is 0 Å². The zero-order valence-electron chi connectivity index (χ0n) is 18.5. The Hall–Kier alpha value is -2.87. The van der Waals surface area contributed by atoms with Crippen molar-refractivity contribution >= 4 is 55.8 Å². The monoisotopic (exact) mass is 471 g/mol. The molecule has 0 aliphatic rings. The van der Waals surface area contributed by atoms with Crippen molar-refractivity contribution in [1.29, 1.82) is 0 Å². The highest BCUT2D eigenvalue weighted by Crippen LogP contribution is 2.40. The van der Waals surface area contributed by atoms with Gasteiger partial charge in [-0.1, -0.05) is 47.7 Å². The molecule has 0 radical (unpaired) electrons. The number of ether oxygens (including phenoxy) is 2. The van der Waals surface area contributed by atoms with Crippen LogP contribution in [-0.2, 0) is 0 Å². The quantitative estimate of drug-likeness (QED) is 0.375. The number of benzene rings is 3. The summed E-state index contributed by atoms with van der Waals surface area (Å²) in [5.74, 6) is 1.30. The average molecular weight is 472 g/mol. The number of carbonyl (C=O) groups is 1. The molecule has 0 saturated carbocycles. The van der Waals surface area contributed by atoms with Gasteiger partial charge in [-0.15, -0.1) is 12.4 Å². The lowest BCUT2D eigenvalue weighted by atomic mass is 10.0. The van der Waals surface area contributed by atoms with Gasteiger partial charge in [0.25, 0.3) is 5.91 Å². The molecule has 1 amide bonds. The molecule has 0 aliphatic heterocycles. The van der Waals surface area contributed by atoms with Gasteiger partial charge in [-0.3, -0.25) is 9.69 Å². The van der Waals surface area contributed by atoms with Crippen molar-refractivity contribution in [2.45, 2.75) is 0 Å². The van der Waals surface area contributed by atoms with Gasteiger partial charge in [0.05, 0.1) is 14.2 Å². The van der Waals surface area contributed by atoms with E-state index in [1.807, 2.05) is 68.7 Å². The minimum Gasteiger partial charge on any atom is -0.495 e. The summed E-state index contributed by atoms with van der Waals surface area (Å²) in [5.41, 5.74) is 1.36. The van der Waals surface area contributed by atoms with Crippen molar-refractivity contribution in [1.82, 2.24) is 9.88 Å². The van der Waals surface area contributed by atoms with Crippen LogP contribution in [0.4, 0.5) is 5.13 Å². The molecule has 0 spiro atoms. The maximum Gasteiger partial charge on any atom is 0.260 e. The largest absolute Gasteiger partial charge is 0.495 e. The number of carbonyl (C=O) groups excluding carboxylic acids is 1. The van der Waals surface area contributed by atoms with Crippen molar-refractivity contribution in [3.63, 3.8) is 0 Å². The van der Waals surface area contributed by atoms with Crippen LogP contribution in [-0.4, -0.2) is 57.2 Å². The molecule has 4 aromatic rings. The van der Waals surface area contributed by atoms with Gasteiger partial charge in [0.1, 0.15) is 21.7 Å². The van der Waals surface area contributed by atoms with E-state index in [4.69, 9.17) is 14.5 Å². The van der Waals surface area contributed by atoms with Gasteiger partial charge >= 0.3 is 0 Å². The number of hydrogen-bond donors (Lipinski definition) is 0. The van der Waals surface area contributed by atoms with Gasteiger partial charge < -0.3 is 14.4 Å². The van der Waals surface area contributed by atoms with Crippen LogP contribution in [0.25, 0.3) is 21.0 Å². The number of thiazole rings is 1. The molecule has 0 aliphatic carbocycles. The Morgan fingerprint density at radius 1 is 0.938 bits per heavy atom. The van der Waals surface area contributed by atoms with E-state index >= 15 is 0 Å². The summed E-state index contributed by atoms with van der Waals surface area (Å²) in [5, 5.41) is 2.59. The Bertz CT molecular complexity index is 1200. The van der Waals surface area contributed by atoms with Crippen LogP contribution < -0.4 is 14.4 Å². The molecule has 4 rings (SSSR count). The first-order chi connectivity index (χ1) is 15.0. The maximum atomic E-state index is 13.8. The van der Waals surface area contributed by atoms with E-state index < -0.39 is 0 Å². The lowest BCUT2D eigenvalue weighted by Gasteiger charge is -2.22. The fourth-order valence-corrected chi connectivity index (χ4v) is 4.63. The first-order valence-corrected chi connectivity index (χ1v) is 10.8. The van der Waals surface area contributed by atoms with Crippen molar-refractivity contribution in [3.05, 3.63) is 60.2 Å². The van der Waals surface area contributed by atoms with Gasteiger partial charge in [0.2, 0.25) is 0 Å². The third-order valence-electron chi connectivity index (χ3n) is 5.17. The molecule has 0 unspecified atom stereocenters. The summed E-state index contributed by atoms with van der Waals surface area (Å²) in [6, 6.07) is 17.4. The van der Waals surface area contributed by atoms with Crippen molar-refractivity contribution < 1.29 is 14.3 Å². The Kier molecular flexibility index (Phi) is 7.56. The van der Waals surface area contributed by atoms with Gasteiger partial charge in [0.15, 0.2) is 5.13 Å². The lowest BCUT2D eigenvalue weighted by molar-refractivity contribution is 0.0987. The molecule has 1 heterocycles. The van der Waals surface area contributed by atoms with Crippen LogP contribution in [0.2, 0.25) is 0 Å². The Balaban J connectivity index is 0.00000289. The predicted molar refractivity (Wildman–Crippen MR) is 134 cm³/mol. The van der Waals surface area contributed by atoms with Crippen LogP contribution in [0, 0.1) is 0 Å². The first-order valence-electron chi connectivity index (χ1n) is 9.99. The molecule has 0 fully saturated rings. The van der Waals surface area contributed by atoms with E-state index in [1.54, 1.807) is 19.1 Å². The molecular weight excluding hydrogens is 446 g/mol. The molecule has 32 heavy (non-hydrogen) atoms. The van der Waals surface area contributed by atoms with E-state index in [-0.39, 0.29) is 18.3 Å². The van der Waals surface area contributed by atoms with Crippen LogP contribution >= 0.6 is 23.7 Å². The van der Waals surface area contributed by atoms with Gasteiger partial charge in [-0.25, -0.2) is 4.98 Å². The highest BCUT2D eigenvalue weighted by Gasteiger charge is 2.24. The van der Waals surface area contributed by atoms with E-state index in [0.29, 0.717) is 40.8 Å². The van der Waals surface area contributed by atoms with Gasteiger partial charge in [-0.2, -0.15) is 0 Å². The minimum absolute atomic E-state index is 0.